The summed E-state index contributed by atoms with van der Waals surface area (Å²) in [5, 5.41) is 29.6. The first-order chi connectivity index (χ1) is 17.3. The second-order valence-corrected chi connectivity index (χ2v) is 10.6. The van der Waals surface area contributed by atoms with Crippen molar-refractivity contribution in [2.45, 2.75) is 103 Å². The predicted octanol–water partition coefficient (Wildman–Crippen LogP) is 8.62. The molecule has 1 unspecified atom stereocenters. The van der Waals surface area contributed by atoms with Crippen molar-refractivity contribution in [1.29, 1.82) is 0 Å². The summed E-state index contributed by atoms with van der Waals surface area (Å²) in [5.41, 5.74) is 3.99. The lowest BCUT2D eigenvalue weighted by Gasteiger charge is -2.32. The van der Waals surface area contributed by atoms with Crippen molar-refractivity contribution in [2.24, 2.45) is 0 Å². The van der Waals surface area contributed by atoms with Crippen LogP contribution in [0, 0.1) is 0 Å². The van der Waals surface area contributed by atoms with Gasteiger partial charge in [-0.2, -0.15) is 0 Å². The van der Waals surface area contributed by atoms with Gasteiger partial charge in [-0.15, -0.1) is 0 Å². The Morgan fingerprint density at radius 2 is 1.53 bits per heavy atom. The molecular weight excluding hydrogens is 448 g/mol. The standard InChI is InChI=1S/C32H44O4/c1-4-5-8-14-26-21-30(35)29-16-18-32(3,36-31(29)22-26)17-11-13-24(2)12-9-6-7-10-15-25-19-27(33)23-28(34)20-25/h13,16,18-23,33-35H,4-12,14-15,17H2,1-3H3/b24-13+. The lowest BCUT2D eigenvalue weighted by Crippen LogP contribution is -2.31. The third-order valence-electron chi connectivity index (χ3n) is 7.08. The van der Waals surface area contributed by atoms with Crippen LogP contribution in [0.15, 0.2) is 48.1 Å². The summed E-state index contributed by atoms with van der Waals surface area (Å²) >= 11 is 0. The molecule has 2 aromatic rings. The minimum Gasteiger partial charge on any atom is -0.508 e. The largest absolute Gasteiger partial charge is 0.508 e. The summed E-state index contributed by atoms with van der Waals surface area (Å²) in [4.78, 5) is 0. The van der Waals surface area contributed by atoms with Crippen LogP contribution >= 0.6 is 0 Å². The second kappa shape index (κ2) is 13.4. The Labute approximate surface area is 217 Å². The molecule has 0 bridgehead atoms. The van der Waals surface area contributed by atoms with Gasteiger partial charge in [-0.05, 0) is 113 Å². The van der Waals surface area contributed by atoms with Crippen molar-refractivity contribution in [1.82, 2.24) is 0 Å². The van der Waals surface area contributed by atoms with Gasteiger partial charge in [-0.3, -0.25) is 0 Å². The van der Waals surface area contributed by atoms with Gasteiger partial charge in [0.15, 0.2) is 0 Å². The van der Waals surface area contributed by atoms with Crippen LogP contribution in [0.2, 0.25) is 0 Å². The fraction of sp³-hybridized carbons (Fsp3) is 0.500. The molecule has 0 aromatic heterocycles. The molecule has 2 aromatic carbocycles. The van der Waals surface area contributed by atoms with Gasteiger partial charge in [-0.1, -0.05) is 44.3 Å². The summed E-state index contributed by atoms with van der Waals surface area (Å²) in [6.45, 7) is 6.54. The molecule has 0 amide bonds. The van der Waals surface area contributed by atoms with Crippen LogP contribution in [0.1, 0.15) is 102 Å². The molecular formula is C32H44O4. The number of phenols is 3. The summed E-state index contributed by atoms with van der Waals surface area (Å²) in [5.74, 6) is 1.37. The number of aryl methyl sites for hydroxylation is 2. The lowest BCUT2D eigenvalue weighted by atomic mass is 9.93. The van der Waals surface area contributed by atoms with E-state index in [2.05, 4.69) is 39.0 Å². The molecule has 3 rings (SSSR count). The van der Waals surface area contributed by atoms with Gasteiger partial charge < -0.3 is 20.1 Å². The third kappa shape index (κ3) is 8.65. The highest BCUT2D eigenvalue weighted by Gasteiger charge is 2.28. The summed E-state index contributed by atoms with van der Waals surface area (Å²) in [6.07, 6.45) is 19.3. The highest BCUT2D eigenvalue weighted by Crippen LogP contribution is 2.39. The van der Waals surface area contributed by atoms with E-state index in [1.54, 1.807) is 12.1 Å². The smallest absolute Gasteiger partial charge is 0.131 e. The van der Waals surface area contributed by atoms with E-state index < -0.39 is 0 Å². The molecule has 0 spiro atoms. The van der Waals surface area contributed by atoms with E-state index in [9.17, 15) is 15.3 Å². The van der Waals surface area contributed by atoms with Gasteiger partial charge >= 0.3 is 0 Å². The zero-order valence-electron chi connectivity index (χ0n) is 22.4. The SMILES string of the molecule is CCCCCc1cc(O)c2c(c1)OC(C)(CC/C=C(\C)CCCCCCc1cc(O)cc(O)c1)C=C2. The Balaban J connectivity index is 1.39. The monoisotopic (exact) mass is 492 g/mol. The number of allylic oxidation sites excluding steroid dienone is 2. The Bertz CT molecular complexity index is 1030. The maximum absolute atomic E-state index is 10.5. The predicted molar refractivity (Wildman–Crippen MR) is 149 cm³/mol. The average Bonchev–Trinajstić information content (AvgIpc) is 2.80. The number of benzene rings is 2. The van der Waals surface area contributed by atoms with Crippen LogP contribution in [0.5, 0.6) is 23.0 Å². The molecule has 0 saturated heterocycles. The summed E-state index contributed by atoms with van der Waals surface area (Å²) in [7, 11) is 0. The number of hydrogen-bond donors (Lipinski definition) is 3. The Morgan fingerprint density at radius 1 is 0.861 bits per heavy atom. The zero-order valence-corrected chi connectivity index (χ0v) is 22.4. The van der Waals surface area contributed by atoms with E-state index in [0.717, 1.165) is 73.8 Å². The number of unbranched alkanes of at least 4 members (excludes halogenated alkanes) is 5. The van der Waals surface area contributed by atoms with Crippen molar-refractivity contribution >= 4 is 6.08 Å². The van der Waals surface area contributed by atoms with Crippen LogP contribution in [-0.2, 0) is 12.8 Å². The van der Waals surface area contributed by atoms with Gasteiger partial charge in [0.2, 0.25) is 0 Å². The zero-order chi connectivity index (χ0) is 26.0. The molecule has 4 nitrogen and oxygen atoms in total. The number of phenolic OH excluding ortho intramolecular Hbond substituents is 3. The van der Waals surface area contributed by atoms with Gasteiger partial charge in [0.25, 0.3) is 0 Å². The molecule has 1 heterocycles. The molecule has 0 fully saturated rings. The van der Waals surface area contributed by atoms with Crippen molar-refractivity contribution in [3.8, 4) is 23.0 Å². The summed E-state index contributed by atoms with van der Waals surface area (Å²) < 4.78 is 6.40. The minimum atomic E-state index is -0.363. The number of fused-ring (bicyclic) bond motifs is 1. The van der Waals surface area contributed by atoms with Crippen molar-refractivity contribution in [3.63, 3.8) is 0 Å². The van der Waals surface area contributed by atoms with E-state index in [0.29, 0.717) is 5.75 Å². The maximum Gasteiger partial charge on any atom is 0.131 e. The fourth-order valence-electron chi connectivity index (χ4n) is 4.92. The van der Waals surface area contributed by atoms with E-state index in [-0.39, 0.29) is 17.1 Å². The summed E-state index contributed by atoms with van der Waals surface area (Å²) in [6, 6.07) is 8.81. The third-order valence-corrected chi connectivity index (χ3v) is 7.08. The quantitative estimate of drug-likeness (QED) is 0.182. The van der Waals surface area contributed by atoms with Gasteiger partial charge in [0.1, 0.15) is 28.6 Å². The Morgan fingerprint density at radius 3 is 2.25 bits per heavy atom. The number of hydrogen-bond acceptors (Lipinski definition) is 4. The van der Waals surface area contributed by atoms with E-state index in [1.165, 1.54) is 37.3 Å². The highest BCUT2D eigenvalue weighted by atomic mass is 16.5. The van der Waals surface area contributed by atoms with Crippen molar-refractivity contribution in [3.05, 3.63) is 64.7 Å². The second-order valence-electron chi connectivity index (χ2n) is 10.6. The number of ether oxygens (including phenoxy) is 1. The lowest BCUT2D eigenvalue weighted by molar-refractivity contribution is 0.128. The van der Waals surface area contributed by atoms with E-state index >= 15 is 0 Å². The average molecular weight is 493 g/mol. The molecule has 36 heavy (non-hydrogen) atoms. The first-order valence-corrected chi connectivity index (χ1v) is 13.7. The first-order valence-electron chi connectivity index (χ1n) is 13.7. The Kier molecular flexibility index (Phi) is 10.3. The van der Waals surface area contributed by atoms with Crippen LogP contribution in [0.4, 0.5) is 0 Å². The van der Waals surface area contributed by atoms with E-state index in [4.69, 9.17) is 4.74 Å². The number of rotatable bonds is 14. The van der Waals surface area contributed by atoms with Gasteiger partial charge in [0.05, 0.1) is 5.56 Å². The van der Waals surface area contributed by atoms with Crippen molar-refractivity contribution < 1.29 is 20.1 Å². The molecule has 0 aliphatic carbocycles. The molecule has 4 heteroatoms. The highest BCUT2D eigenvalue weighted by molar-refractivity contribution is 5.67. The van der Waals surface area contributed by atoms with E-state index in [1.807, 2.05) is 12.1 Å². The van der Waals surface area contributed by atoms with Crippen LogP contribution < -0.4 is 4.74 Å². The van der Waals surface area contributed by atoms with Gasteiger partial charge in [0, 0.05) is 6.07 Å². The minimum absolute atomic E-state index is 0.128. The normalized spacial score (nSPS) is 17.1. The molecule has 1 aliphatic heterocycles. The van der Waals surface area contributed by atoms with Crippen LogP contribution in [0.25, 0.3) is 6.08 Å². The van der Waals surface area contributed by atoms with Gasteiger partial charge in [-0.25, -0.2) is 0 Å². The molecule has 1 atom stereocenters. The first kappa shape index (κ1) is 27.7. The number of aromatic hydroxyl groups is 3. The molecule has 196 valence electrons. The fourth-order valence-corrected chi connectivity index (χ4v) is 4.92. The molecule has 0 radical (unpaired) electrons. The maximum atomic E-state index is 10.5. The molecule has 1 aliphatic rings. The topological polar surface area (TPSA) is 69.9 Å². The Hall–Kier alpha value is -2.88. The van der Waals surface area contributed by atoms with Crippen LogP contribution in [0.3, 0.4) is 0 Å². The molecule has 0 saturated carbocycles. The van der Waals surface area contributed by atoms with Crippen LogP contribution in [-0.4, -0.2) is 20.9 Å². The van der Waals surface area contributed by atoms with Crippen molar-refractivity contribution in [2.75, 3.05) is 0 Å². The molecule has 3 N–H and O–H groups in total.